The van der Waals surface area contributed by atoms with Crippen molar-refractivity contribution in [2.75, 3.05) is 26.2 Å². The van der Waals surface area contributed by atoms with Gasteiger partial charge in [0, 0.05) is 56.0 Å². The first kappa shape index (κ1) is 24.6. The lowest BCUT2D eigenvalue weighted by molar-refractivity contribution is -0.129. The number of aryl methyl sites for hydroxylation is 1. The molecule has 1 unspecified atom stereocenters. The number of thiazole rings is 1. The van der Waals surface area contributed by atoms with Crippen LogP contribution in [-0.2, 0) is 11.2 Å². The fourth-order valence-corrected chi connectivity index (χ4v) is 4.23. The summed E-state index contributed by atoms with van der Waals surface area (Å²) >= 11 is 1.68. The van der Waals surface area contributed by atoms with Crippen molar-refractivity contribution in [3.8, 4) is 10.6 Å². The van der Waals surface area contributed by atoms with E-state index in [9.17, 15) is 4.79 Å². The van der Waals surface area contributed by atoms with Crippen molar-refractivity contribution < 1.29 is 4.79 Å². The third kappa shape index (κ3) is 6.94. The van der Waals surface area contributed by atoms with Gasteiger partial charge in [0.2, 0.25) is 5.91 Å². The van der Waals surface area contributed by atoms with Crippen molar-refractivity contribution in [3.05, 3.63) is 40.9 Å². The largest absolute Gasteiger partial charge is 0.357 e. The number of amides is 1. The van der Waals surface area contributed by atoms with Crippen LogP contribution in [0, 0.1) is 6.92 Å². The molecule has 1 amide bonds. The Labute approximate surface area is 200 Å². The van der Waals surface area contributed by atoms with Crippen LogP contribution < -0.4 is 10.6 Å². The summed E-state index contributed by atoms with van der Waals surface area (Å²) in [4.78, 5) is 23.3. The van der Waals surface area contributed by atoms with E-state index in [0.29, 0.717) is 13.0 Å². The van der Waals surface area contributed by atoms with Crippen LogP contribution in [0.4, 0.5) is 0 Å². The minimum Gasteiger partial charge on any atom is -0.357 e. The SMILES string of the molecule is CCNC(=NCCc1csc(-c2ccc(C)cc2)n1)NC1CCN(C(=O)CC)C1.I. The molecule has 0 saturated carbocycles. The van der Waals surface area contributed by atoms with Crippen LogP contribution in [0.2, 0.25) is 0 Å². The summed E-state index contributed by atoms with van der Waals surface area (Å²) in [5.74, 6) is 1.04. The van der Waals surface area contributed by atoms with E-state index in [1.54, 1.807) is 11.3 Å². The van der Waals surface area contributed by atoms with E-state index in [4.69, 9.17) is 9.98 Å². The molecule has 0 radical (unpaired) electrons. The summed E-state index contributed by atoms with van der Waals surface area (Å²) < 4.78 is 0. The zero-order valence-corrected chi connectivity index (χ0v) is 21.1. The highest BCUT2D eigenvalue weighted by atomic mass is 127. The van der Waals surface area contributed by atoms with Crippen molar-refractivity contribution >= 4 is 47.2 Å². The molecule has 1 aliphatic rings. The fourth-order valence-electron chi connectivity index (χ4n) is 3.37. The van der Waals surface area contributed by atoms with Crippen molar-refractivity contribution in [2.45, 2.75) is 46.1 Å². The molecule has 0 aliphatic carbocycles. The topological polar surface area (TPSA) is 69.6 Å². The molecule has 1 aliphatic heterocycles. The Morgan fingerprint density at radius 3 is 2.77 bits per heavy atom. The lowest BCUT2D eigenvalue weighted by Gasteiger charge is -2.18. The normalized spacial score (nSPS) is 16.3. The Hall–Kier alpha value is -1.68. The Morgan fingerprint density at radius 1 is 1.30 bits per heavy atom. The third-order valence-electron chi connectivity index (χ3n) is 5.02. The number of hydrogen-bond donors (Lipinski definition) is 2. The van der Waals surface area contributed by atoms with Gasteiger partial charge in [0.1, 0.15) is 5.01 Å². The van der Waals surface area contributed by atoms with Gasteiger partial charge < -0.3 is 15.5 Å². The average Bonchev–Trinajstić information content (AvgIpc) is 3.38. The zero-order valence-electron chi connectivity index (χ0n) is 18.0. The summed E-state index contributed by atoms with van der Waals surface area (Å²) in [5, 5.41) is 9.96. The molecule has 8 heteroatoms. The second-order valence-corrected chi connectivity index (χ2v) is 8.20. The number of aliphatic imine (C=N–C) groups is 1. The molecule has 1 aromatic carbocycles. The van der Waals surface area contributed by atoms with Gasteiger partial charge in [-0.2, -0.15) is 0 Å². The van der Waals surface area contributed by atoms with Crippen LogP contribution in [0.1, 0.15) is 37.9 Å². The first-order valence-corrected chi connectivity index (χ1v) is 11.3. The van der Waals surface area contributed by atoms with Gasteiger partial charge in [-0.1, -0.05) is 36.8 Å². The predicted octanol–water partition coefficient (Wildman–Crippen LogP) is 3.85. The Balaban J connectivity index is 0.00000320. The lowest BCUT2D eigenvalue weighted by Crippen LogP contribution is -2.45. The van der Waals surface area contributed by atoms with Crippen molar-refractivity contribution in [1.82, 2.24) is 20.5 Å². The van der Waals surface area contributed by atoms with Crippen LogP contribution >= 0.6 is 35.3 Å². The van der Waals surface area contributed by atoms with E-state index in [-0.39, 0.29) is 35.9 Å². The Kier molecular flexibility index (Phi) is 10.0. The number of rotatable bonds is 7. The molecule has 6 nitrogen and oxygen atoms in total. The summed E-state index contributed by atoms with van der Waals surface area (Å²) in [7, 11) is 0. The van der Waals surface area contributed by atoms with Gasteiger partial charge in [-0.3, -0.25) is 9.79 Å². The summed E-state index contributed by atoms with van der Waals surface area (Å²) in [6, 6.07) is 8.74. The van der Waals surface area contributed by atoms with Crippen LogP contribution in [0.25, 0.3) is 10.6 Å². The number of carbonyl (C=O) groups excluding carboxylic acids is 1. The summed E-state index contributed by atoms with van der Waals surface area (Å²) in [6.45, 7) is 9.13. The van der Waals surface area contributed by atoms with Gasteiger partial charge in [0.15, 0.2) is 5.96 Å². The number of carbonyl (C=O) groups is 1. The van der Waals surface area contributed by atoms with Gasteiger partial charge in [-0.15, -0.1) is 35.3 Å². The monoisotopic (exact) mass is 541 g/mol. The summed E-state index contributed by atoms with van der Waals surface area (Å²) in [6.07, 6.45) is 2.34. The van der Waals surface area contributed by atoms with E-state index in [2.05, 4.69) is 54.1 Å². The van der Waals surface area contributed by atoms with Gasteiger partial charge in [0.05, 0.1) is 5.69 Å². The van der Waals surface area contributed by atoms with E-state index in [1.807, 2.05) is 11.8 Å². The summed E-state index contributed by atoms with van der Waals surface area (Å²) in [5.41, 5.74) is 3.50. The second-order valence-electron chi connectivity index (χ2n) is 7.34. The van der Waals surface area contributed by atoms with E-state index >= 15 is 0 Å². The Bertz CT molecular complexity index is 836. The third-order valence-corrected chi connectivity index (χ3v) is 5.96. The van der Waals surface area contributed by atoms with Crippen LogP contribution in [-0.4, -0.2) is 54.0 Å². The highest BCUT2D eigenvalue weighted by Gasteiger charge is 2.25. The smallest absolute Gasteiger partial charge is 0.222 e. The number of nitrogens with one attached hydrogen (secondary N) is 2. The maximum absolute atomic E-state index is 11.9. The minimum atomic E-state index is 0. The van der Waals surface area contributed by atoms with Gasteiger partial charge >= 0.3 is 0 Å². The molecule has 3 rings (SSSR count). The molecular weight excluding hydrogens is 509 g/mol. The van der Waals surface area contributed by atoms with Crippen LogP contribution in [0.3, 0.4) is 0 Å². The van der Waals surface area contributed by atoms with Crippen LogP contribution in [0.5, 0.6) is 0 Å². The van der Waals surface area contributed by atoms with Crippen molar-refractivity contribution in [1.29, 1.82) is 0 Å². The molecule has 1 saturated heterocycles. The van der Waals surface area contributed by atoms with E-state index in [1.165, 1.54) is 5.56 Å². The number of nitrogens with zero attached hydrogens (tertiary/aromatic N) is 3. The molecule has 2 aromatic rings. The molecule has 1 aromatic heterocycles. The lowest BCUT2D eigenvalue weighted by atomic mass is 10.2. The number of guanidine groups is 1. The second kappa shape index (κ2) is 12.2. The quantitative estimate of drug-likeness (QED) is 0.318. The molecule has 2 N–H and O–H groups in total. The molecule has 30 heavy (non-hydrogen) atoms. The van der Waals surface area contributed by atoms with Gasteiger partial charge in [-0.25, -0.2) is 4.98 Å². The number of halogens is 1. The van der Waals surface area contributed by atoms with E-state index in [0.717, 1.165) is 54.7 Å². The zero-order chi connectivity index (χ0) is 20.6. The molecule has 1 atom stereocenters. The Morgan fingerprint density at radius 2 is 2.07 bits per heavy atom. The highest BCUT2D eigenvalue weighted by Crippen LogP contribution is 2.24. The molecule has 164 valence electrons. The molecule has 2 heterocycles. The maximum atomic E-state index is 11.9. The van der Waals surface area contributed by atoms with Crippen molar-refractivity contribution in [3.63, 3.8) is 0 Å². The first-order valence-electron chi connectivity index (χ1n) is 10.4. The molecular formula is C22H32IN5OS. The average molecular weight is 542 g/mol. The number of benzene rings is 1. The van der Waals surface area contributed by atoms with Gasteiger partial charge in [0.25, 0.3) is 0 Å². The maximum Gasteiger partial charge on any atom is 0.222 e. The molecule has 0 bridgehead atoms. The predicted molar refractivity (Wildman–Crippen MR) is 136 cm³/mol. The minimum absolute atomic E-state index is 0. The number of hydrogen-bond acceptors (Lipinski definition) is 4. The fraction of sp³-hybridized carbons (Fsp3) is 0.500. The van der Waals surface area contributed by atoms with Crippen molar-refractivity contribution in [2.24, 2.45) is 4.99 Å². The van der Waals surface area contributed by atoms with E-state index < -0.39 is 0 Å². The number of aromatic nitrogens is 1. The number of likely N-dealkylation sites (tertiary alicyclic amines) is 1. The first-order chi connectivity index (χ1) is 14.1. The molecule has 1 fully saturated rings. The molecule has 0 spiro atoms. The highest BCUT2D eigenvalue weighted by molar-refractivity contribution is 14.0. The van der Waals surface area contributed by atoms with Gasteiger partial charge in [-0.05, 0) is 20.3 Å². The standard InChI is InChI=1S/C22H31N5OS.HI/c1-4-20(28)27-13-11-18(14-27)26-22(23-5-2)24-12-10-19-15-29-21(25-19)17-8-6-16(3)7-9-17;/h6-9,15,18H,4-5,10-14H2,1-3H3,(H2,23,24,26);1H. The van der Waals surface area contributed by atoms with Crippen LogP contribution in [0.15, 0.2) is 34.6 Å².